The summed E-state index contributed by atoms with van der Waals surface area (Å²) in [5.74, 6) is 0.345. The second-order valence-corrected chi connectivity index (χ2v) is 8.49. The summed E-state index contributed by atoms with van der Waals surface area (Å²) in [7, 11) is 1.61. The molecule has 4 rings (SSSR count). The number of hydrogen-bond donors (Lipinski definition) is 0. The number of carbonyl (C=O) groups is 2. The van der Waals surface area contributed by atoms with Crippen molar-refractivity contribution in [1.82, 2.24) is 9.80 Å². The fourth-order valence-electron chi connectivity index (χ4n) is 4.09. The van der Waals surface area contributed by atoms with Crippen molar-refractivity contribution in [2.24, 2.45) is 5.92 Å². The zero-order valence-corrected chi connectivity index (χ0v) is 18.3. The van der Waals surface area contributed by atoms with E-state index in [1.165, 1.54) is 6.07 Å². The van der Waals surface area contributed by atoms with Crippen molar-refractivity contribution in [3.63, 3.8) is 0 Å². The second-order valence-electron chi connectivity index (χ2n) is 8.49. The third-order valence-corrected chi connectivity index (χ3v) is 6.26. The molecule has 32 heavy (non-hydrogen) atoms. The van der Waals surface area contributed by atoms with Gasteiger partial charge in [0.2, 0.25) is 11.8 Å². The van der Waals surface area contributed by atoms with Crippen LogP contribution >= 0.6 is 0 Å². The van der Waals surface area contributed by atoms with Gasteiger partial charge in [0.25, 0.3) is 0 Å². The first kappa shape index (κ1) is 22.3. The first-order valence-electron chi connectivity index (χ1n) is 11.1. The Morgan fingerprint density at radius 3 is 2.50 bits per heavy atom. The molecule has 2 amide bonds. The van der Waals surface area contributed by atoms with Crippen LogP contribution in [0.4, 0.5) is 4.39 Å². The summed E-state index contributed by atoms with van der Waals surface area (Å²) in [6.45, 7) is 1.22. The number of carbonyl (C=O) groups excluding carboxylic acids is 2. The molecule has 1 aliphatic heterocycles. The molecule has 0 aromatic heterocycles. The van der Waals surface area contributed by atoms with Crippen LogP contribution in [0.15, 0.2) is 48.5 Å². The summed E-state index contributed by atoms with van der Waals surface area (Å²) < 4.78 is 25.3. The zero-order chi connectivity index (χ0) is 22.5. The summed E-state index contributed by atoms with van der Waals surface area (Å²) in [6, 6.07) is 14.0. The van der Waals surface area contributed by atoms with Gasteiger partial charge < -0.3 is 19.3 Å². The largest absolute Gasteiger partial charge is 0.497 e. The minimum Gasteiger partial charge on any atom is -0.497 e. The van der Waals surface area contributed by atoms with Gasteiger partial charge in [0.15, 0.2) is 0 Å². The van der Waals surface area contributed by atoms with E-state index in [1.807, 2.05) is 24.3 Å². The van der Waals surface area contributed by atoms with Crippen molar-refractivity contribution in [3.8, 4) is 5.75 Å². The van der Waals surface area contributed by atoms with Crippen LogP contribution in [0.25, 0.3) is 0 Å². The van der Waals surface area contributed by atoms with Crippen molar-refractivity contribution < 1.29 is 23.5 Å². The molecule has 1 aliphatic carbocycles. The Morgan fingerprint density at radius 1 is 1.09 bits per heavy atom. The molecule has 7 heteroatoms. The predicted octanol–water partition coefficient (Wildman–Crippen LogP) is 3.39. The van der Waals surface area contributed by atoms with Crippen LogP contribution in [-0.4, -0.2) is 54.5 Å². The van der Waals surface area contributed by atoms with Crippen molar-refractivity contribution in [3.05, 3.63) is 65.5 Å². The number of amides is 2. The van der Waals surface area contributed by atoms with Gasteiger partial charge in [-0.25, -0.2) is 4.39 Å². The Kier molecular flexibility index (Phi) is 7.05. The first-order chi connectivity index (χ1) is 15.5. The average molecular weight is 441 g/mol. The second kappa shape index (κ2) is 10.1. The molecule has 1 atom stereocenters. The predicted molar refractivity (Wildman–Crippen MR) is 117 cm³/mol. The van der Waals surface area contributed by atoms with Crippen LogP contribution in [0.2, 0.25) is 0 Å². The molecule has 1 heterocycles. The molecule has 1 saturated carbocycles. The maximum Gasteiger partial charge on any atom is 0.242 e. The summed E-state index contributed by atoms with van der Waals surface area (Å²) in [5, 5.41) is 0. The van der Waals surface area contributed by atoms with Crippen LogP contribution in [0.5, 0.6) is 5.75 Å². The molecule has 2 aliphatic rings. The standard InChI is InChI=1S/C25H29FN2O4/c1-31-21-11-9-18(10-12-21)13-27-14-22(32-17-20-5-2-3-8-23(20)26)15-28(16-24(27)29)25(30)19-6-4-7-19/h2-3,5,8-12,19,22H,4,6-7,13-17H2,1H3. The lowest BCUT2D eigenvalue weighted by Gasteiger charge is -2.31. The minimum absolute atomic E-state index is 0.00292. The monoisotopic (exact) mass is 440 g/mol. The molecule has 170 valence electrons. The van der Waals surface area contributed by atoms with Crippen molar-refractivity contribution >= 4 is 11.8 Å². The number of hydrogen-bond acceptors (Lipinski definition) is 4. The van der Waals surface area contributed by atoms with E-state index in [-0.39, 0.29) is 36.7 Å². The van der Waals surface area contributed by atoms with E-state index in [4.69, 9.17) is 9.47 Å². The molecule has 0 spiro atoms. The lowest BCUT2D eigenvalue weighted by atomic mass is 9.84. The summed E-state index contributed by atoms with van der Waals surface area (Å²) in [4.78, 5) is 29.3. The molecule has 0 N–H and O–H groups in total. The van der Waals surface area contributed by atoms with Gasteiger partial charge in [-0.15, -0.1) is 0 Å². The molecular formula is C25H29FN2O4. The molecule has 2 fully saturated rings. The molecule has 2 aromatic rings. The van der Waals surface area contributed by atoms with E-state index >= 15 is 0 Å². The highest BCUT2D eigenvalue weighted by Crippen LogP contribution is 2.29. The summed E-state index contributed by atoms with van der Waals surface area (Å²) in [6.07, 6.45) is 2.40. The Hall–Kier alpha value is -2.93. The van der Waals surface area contributed by atoms with Gasteiger partial charge >= 0.3 is 0 Å². The fourth-order valence-corrected chi connectivity index (χ4v) is 4.09. The lowest BCUT2D eigenvalue weighted by Crippen LogP contribution is -2.44. The highest BCUT2D eigenvalue weighted by Gasteiger charge is 2.35. The van der Waals surface area contributed by atoms with Gasteiger partial charge in [-0.3, -0.25) is 9.59 Å². The highest BCUT2D eigenvalue weighted by atomic mass is 19.1. The Bertz CT molecular complexity index is 945. The normalized spacial score (nSPS) is 19.4. The van der Waals surface area contributed by atoms with Gasteiger partial charge in [0.05, 0.1) is 26.4 Å². The van der Waals surface area contributed by atoms with E-state index < -0.39 is 6.10 Å². The number of rotatable bonds is 7. The Balaban J connectivity index is 1.49. The molecule has 1 unspecified atom stereocenters. The van der Waals surface area contributed by atoms with Crippen LogP contribution < -0.4 is 4.74 Å². The topological polar surface area (TPSA) is 59.1 Å². The van der Waals surface area contributed by atoms with E-state index in [2.05, 4.69) is 0 Å². The lowest BCUT2D eigenvalue weighted by molar-refractivity contribution is -0.143. The molecule has 1 saturated heterocycles. The third-order valence-electron chi connectivity index (χ3n) is 6.26. The quantitative estimate of drug-likeness (QED) is 0.662. The van der Waals surface area contributed by atoms with Gasteiger partial charge in [0.1, 0.15) is 11.6 Å². The van der Waals surface area contributed by atoms with Crippen molar-refractivity contribution in [1.29, 1.82) is 0 Å². The molecule has 2 aromatic carbocycles. The van der Waals surface area contributed by atoms with Crippen LogP contribution in [0.1, 0.15) is 30.4 Å². The van der Waals surface area contributed by atoms with Gasteiger partial charge in [-0.1, -0.05) is 36.8 Å². The van der Waals surface area contributed by atoms with Crippen LogP contribution in [0.3, 0.4) is 0 Å². The van der Waals surface area contributed by atoms with E-state index in [9.17, 15) is 14.0 Å². The smallest absolute Gasteiger partial charge is 0.242 e. The number of methoxy groups -OCH3 is 1. The number of benzene rings is 2. The highest BCUT2D eigenvalue weighted by molar-refractivity contribution is 5.86. The van der Waals surface area contributed by atoms with Crippen molar-refractivity contribution in [2.75, 3.05) is 26.7 Å². The minimum atomic E-state index is -0.400. The molecule has 0 bridgehead atoms. The van der Waals surface area contributed by atoms with E-state index in [0.717, 1.165) is 30.6 Å². The Labute approximate surface area is 187 Å². The first-order valence-corrected chi connectivity index (χ1v) is 11.1. The maximum absolute atomic E-state index is 14.1. The van der Waals surface area contributed by atoms with Crippen molar-refractivity contribution in [2.45, 2.75) is 38.5 Å². The summed E-state index contributed by atoms with van der Waals surface area (Å²) in [5.41, 5.74) is 1.42. The van der Waals surface area contributed by atoms with Crippen LogP contribution in [0, 0.1) is 11.7 Å². The number of halogens is 1. The van der Waals surface area contributed by atoms with Gasteiger partial charge in [-0.2, -0.15) is 0 Å². The average Bonchev–Trinajstić information content (AvgIpc) is 2.91. The molecular weight excluding hydrogens is 411 g/mol. The third kappa shape index (κ3) is 5.27. The maximum atomic E-state index is 14.1. The summed E-state index contributed by atoms with van der Waals surface area (Å²) >= 11 is 0. The molecule has 0 radical (unpaired) electrons. The van der Waals surface area contributed by atoms with Gasteiger partial charge in [-0.05, 0) is 36.6 Å². The molecule has 6 nitrogen and oxygen atoms in total. The number of nitrogens with zero attached hydrogens (tertiary/aromatic N) is 2. The van der Waals surface area contributed by atoms with E-state index in [0.29, 0.717) is 25.2 Å². The zero-order valence-electron chi connectivity index (χ0n) is 18.3. The number of ether oxygens (including phenoxy) is 2. The van der Waals surface area contributed by atoms with Crippen LogP contribution in [-0.2, 0) is 27.5 Å². The van der Waals surface area contributed by atoms with Gasteiger partial charge in [0, 0.05) is 31.1 Å². The SMILES string of the molecule is COc1ccc(CN2CC(OCc3ccccc3F)CN(C(=O)C3CCC3)CC2=O)cc1. The Morgan fingerprint density at radius 2 is 1.84 bits per heavy atom. The fraction of sp³-hybridized carbons (Fsp3) is 0.440. The van der Waals surface area contributed by atoms with E-state index in [1.54, 1.807) is 35.1 Å².